The van der Waals surface area contributed by atoms with Gasteiger partial charge in [0.1, 0.15) is 5.82 Å². The molecule has 0 radical (unpaired) electrons. The zero-order valence-electron chi connectivity index (χ0n) is 19.5. The molecule has 0 spiro atoms. The Bertz CT molecular complexity index is 893. The van der Waals surface area contributed by atoms with Crippen LogP contribution in [0.25, 0.3) is 0 Å². The second kappa shape index (κ2) is 12.7. The first-order valence-electron chi connectivity index (χ1n) is 11.8. The molecule has 2 aromatic carbocycles. The van der Waals surface area contributed by atoms with Crippen LogP contribution in [0.3, 0.4) is 0 Å². The number of ether oxygens (including phenoxy) is 1. The minimum Gasteiger partial charge on any atom is -0.381 e. The number of nitrogens with zero attached hydrogens (tertiary/aromatic N) is 2. The van der Waals surface area contributed by atoms with Crippen LogP contribution in [-0.4, -0.2) is 50.8 Å². The number of hydrogen-bond donors (Lipinski definition) is 2. The summed E-state index contributed by atoms with van der Waals surface area (Å²) in [5.41, 5.74) is 3.46. The molecule has 2 aliphatic rings. The van der Waals surface area contributed by atoms with Crippen molar-refractivity contribution in [3.8, 4) is 0 Å². The molecule has 0 unspecified atom stereocenters. The van der Waals surface area contributed by atoms with Gasteiger partial charge >= 0.3 is 0 Å². The first-order valence-corrected chi connectivity index (χ1v) is 11.8. The molecular formula is C26H36FIN4O. The summed E-state index contributed by atoms with van der Waals surface area (Å²) in [5, 5.41) is 6.90. The van der Waals surface area contributed by atoms with Gasteiger partial charge < -0.3 is 15.4 Å². The van der Waals surface area contributed by atoms with Gasteiger partial charge in [0.25, 0.3) is 0 Å². The maximum absolute atomic E-state index is 13.9. The third-order valence-electron chi connectivity index (χ3n) is 6.79. The lowest BCUT2D eigenvalue weighted by Gasteiger charge is -2.38. The third-order valence-corrected chi connectivity index (χ3v) is 6.79. The van der Waals surface area contributed by atoms with Crippen molar-refractivity contribution in [2.75, 3.05) is 39.9 Å². The van der Waals surface area contributed by atoms with E-state index in [0.29, 0.717) is 26.3 Å². The van der Waals surface area contributed by atoms with E-state index < -0.39 is 0 Å². The Balaban J connectivity index is 0.00000306. The highest BCUT2D eigenvalue weighted by atomic mass is 127. The Morgan fingerprint density at radius 3 is 2.39 bits per heavy atom. The molecule has 2 aromatic rings. The number of nitrogens with one attached hydrogen (secondary N) is 2. The Morgan fingerprint density at radius 2 is 1.73 bits per heavy atom. The Morgan fingerprint density at radius 1 is 1.03 bits per heavy atom. The molecule has 0 saturated carbocycles. The molecule has 7 heteroatoms. The topological polar surface area (TPSA) is 48.9 Å². The SMILES string of the molecule is CN=C(NCc1ccc(CN2CCCC2)cc1)NCC1(c2cccc(F)c2)CCOCC1.I. The lowest BCUT2D eigenvalue weighted by Crippen LogP contribution is -2.48. The van der Waals surface area contributed by atoms with E-state index in [-0.39, 0.29) is 35.2 Å². The highest BCUT2D eigenvalue weighted by Crippen LogP contribution is 2.34. The zero-order chi connectivity index (χ0) is 22.2. The van der Waals surface area contributed by atoms with Gasteiger partial charge in [-0.05, 0) is 67.6 Å². The molecule has 0 amide bonds. The molecule has 180 valence electrons. The van der Waals surface area contributed by atoms with Crippen molar-refractivity contribution in [1.82, 2.24) is 15.5 Å². The van der Waals surface area contributed by atoms with Crippen molar-refractivity contribution in [2.45, 2.75) is 44.2 Å². The van der Waals surface area contributed by atoms with Gasteiger partial charge in [-0.15, -0.1) is 24.0 Å². The predicted molar refractivity (Wildman–Crippen MR) is 143 cm³/mol. The summed E-state index contributed by atoms with van der Waals surface area (Å²) in [7, 11) is 1.79. The molecule has 0 bridgehead atoms. The first-order chi connectivity index (χ1) is 15.7. The van der Waals surface area contributed by atoms with Crippen LogP contribution < -0.4 is 10.6 Å². The van der Waals surface area contributed by atoms with Crippen molar-refractivity contribution in [1.29, 1.82) is 0 Å². The van der Waals surface area contributed by atoms with Crippen LogP contribution in [-0.2, 0) is 23.2 Å². The number of rotatable bonds is 7. The monoisotopic (exact) mass is 566 g/mol. The summed E-state index contributed by atoms with van der Waals surface area (Å²) in [6, 6.07) is 15.8. The van der Waals surface area contributed by atoms with E-state index >= 15 is 0 Å². The van der Waals surface area contributed by atoms with Gasteiger partial charge in [0.15, 0.2) is 5.96 Å². The van der Waals surface area contributed by atoms with Gasteiger partial charge in [0, 0.05) is 45.3 Å². The Hall–Kier alpha value is -1.71. The van der Waals surface area contributed by atoms with Crippen LogP contribution in [0.15, 0.2) is 53.5 Å². The average Bonchev–Trinajstić information content (AvgIpc) is 3.34. The van der Waals surface area contributed by atoms with Crippen LogP contribution in [0.2, 0.25) is 0 Å². The van der Waals surface area contributed by atoms with E-state index in [1.54, 1.807) is 19.2 Å². The van der Waals surface area contributed by atoms with Crippen LogP contribution >= 0.6 is 24.0 Å². The van der Waals surface area contributed by atoms with Gasteiger partial charge in [-0.1, -0.05) is 36.4 Å². The van der Waals surface area contributed by atoms with Crippen LogP contribution in [0.1, 0.15) is 42.4 Å². The normalized spacial score (nSPS) is 18.5. The molecule has 2 N–H and O–H groups in total. The van der Waals surface area contributed by atoms with Crippen molar-refractivity contribution >= 4 is 29.9 Å². The van der Waals surface area contributed by atoms with Gasteiger partial charge in [-0.2, -0.15) is 0 Å². The van der Waals surface area contributed by atoms with Gasteiger partial charge in [-0.25, -0.2) is 4.39 Å². The summed E-state index contributed by atoms with van der Waals surface area (Å²) in [6.45, 7) is 6.25. The molecule has 33 heavy (non-hydrogen) atoms. The van der Waals surface area contributed by atoms with E-state index in [1.165, 1.54) is 43.1 Å². The van der Waals surface area contributed by atoms with Crippen LogP contribution in [0, 0.1) is 5.82 Å². The minimum atomic E-state index is -0.191. The van der Waals surface area contributed by atoms with E-state index in [0.717, 1.165) is 30.9 Å². The van der Waals surface area contributed by atoms with Gasteiger partial charge in [-0.3, -0.25) is 9.89 Å². The number of guanidine groups is 1. The second-order valence-corrected chi connectivity index (χ2v) is 8.98. The summed E-state index contributed by atoms with van der Waals surface area (Å²) in [6.07, 6.45) is 4.36. The van der Waals surface area contributed by atoms with E-state index in [1.807, 2.05) is 6.07 Å². The predicted octanol–water partition coefficient (Wildman–Crippen LogP) is 4.45. The fourth-order valence-corrected chi connectivity index (χ4v) is 4.77. The summed E-state index contributed by atoms with van der Waals surface area (Å²) < 4.78 is 19.5. The van der Waals surface area contributed by atoms with Crippen molar-refractivity contribution in [2.24, 2.45) is 4.99 Å². The number of likely N-dealkylation sites (tertiary alicyclic amines) is 1. The smallest absolute Gasteiger partial charge is 0.191 e. The van der Waals surface area contributed by atoms with E-state index in [9.17, 15) is 4.39 Å². The lowest BCUT2D eigenvalue weighted by atomic mass is 9.74. The molecule has 2 fully saturated rings. The molecule has 2 aliphatic heterocycles. The first kappa shape index (κ1) is 25.9. The molecular weight excluding hydrogens is 530 g/mol. The molecule has 0 aromatic heterocycles. The number of aliphatic imine (C=N–C) groups is 1. The number of benzene rings is 2. The molecule has 2 heterocycles. The highest BCUT2D eigenvalue weighted by molar-refractivity contribution is 14.0. The highest BCUT2D eigenvalue weighted by Gasteiger charge is 2.35. The maximum atomic E-state index is 13.9. The Labute approximate surface area is 214 Å². The maximum Gasteiger partial charge on any atom is 0.191 e. The summed E-state index contributed by atoms with van der Waals surface area (Å²) in [4.78, 5) is 6.92. The van der Waals surface area contributed by atoms with Crippen molar-refractivity contribution in [3.63, 3.8) is 0 Å². The minimum absolute atomic E-state index is 0. The third kappa shape index (κ3) is 7.13. The van der Waals surface area contributed by atoms with Crippen LogP contribution in [0.4, 0.5) is 4.39 Å². The standard InChI is InChI=1S/C26H35FN4O.HI/c1-28-25(29-18-21-7-9-22(10-8-21)19-31-13-2-3-14-31)30-20-26(11-15-32-16-12-26)23-5-4-6-24(27)17-23;/h4-10,17H,2-3,11-16,18-20H2,1H3,(H2,28,29,30);1H. The molecule has 5 nitrogen and oxygen atoms in total. The summed E-state index contributed by atoms with van der Waals surface area (Å²) in [5.74, 6) is 0.567. The van der Waals surface area contributed by atoms with Crippen molar-refractivity contribution < 1.29 is 9.13 Å². The number of halogens is 2. The zero-order valence-corrected chi connectivity index (χ0v) is 21.8. The summed E-state index contributed by atoms with van der Waals surface area (Å²) >= 11 is 0. The molecule has 2 saturated heterocycles. The number of hydrogen-bond acceptors (Lipinski definition) is 3. The largest absolute Gasteiger partial charge is 0.381 e. The molecule has 0 atom stereocenters. The fraction of sp³-hybridized carbons (Fsp3) is 0.500. The average molecular weight is 567 g/mol. The van der Waals surface area contributed by atoms with E-state index in [2.05, 4.69) is 44.8 Å². The van der Waals surface area contributed by atoms with Gasteiger partial charge in [0.2, 0.25) is 0 Å². The van der Waals surface area contributed by atoms with E-state index in [4.69, 9.17) is 4.74 Å². The fourth-order valence-electron chi connectivity index (χ4n) is 4.77. The lowest BCUT2D eigenvalue weighted by molar-refractivity contribution is 0.0513. The van der Waals surface area contributed by atoms with Gasteiger partial charge in [0.05, 0.1) is 0 Å². The van der Waals surface area contributed by atoms with Crippen LogP contribution in [0.5, 0.6) is 0 Å². The molecule has 4 rings (SSSR count). The quantitative estimate of drug-likeness (QED) is 0.296. The molecule has 0 aliphatic carbocycles. The Kier molecular flexibility index (Phi) is 9.94. The second-order valence-electron chi connectivity index (χ2n) is 8.98. The van der Waals surface area contributed by atoms with Crippen molar-refractivity contribution in [3.05, 3.63) is 71.0 Å².